The predicted molar refractivity (Wildman–Crippen MR) is 66.3 cm³/mol. The molecule has 0 saturated heterocycles. The smallest absolute Gasteiger partial charge is 0.143 e. The fourth-order valence-electron chi connectivity index (χ4n) is 1.28. The summed E-state index contributed by atoms with van der Waals surface area (Å²) < 4.78 is 5.20. The summed E-state index contributed by atoms with van der Waals surface area (Å²) in [5.41, 5.74) is 7.39. The molecule has 5 heteroatoms. The molecule has 0 amide bonds. The minimum atomic E-state index is -0.291. The number of aryl methyl sites for hydroxylation is 1. The molecule has 0 aromatic heterocycles. The van der Waals surface area contributed by atoms with E-state index in [1.54, 1.807) is 13.2 Å². The average molecular weight is 245 g/mol. The van der Waals surface area contributed by atoms with Gasteiger partial charge in [-0.2, -0.15) is 0 Å². The van der Waals surface area contributed by atoms with Gasteiger partial charge >= 0.3 is 0 Å². The van der Waals surface area contributed by atoms with Crippen molar-refractivity contribution in [3.05, 3.63) is 22.7 Å². The fraction of sp³-hybridized carbons (Fsp3) is 0.455. The van der Waals surface area contributed by atoms with Crippen LogP contribution in [-0.4, -0.2) is 31.4 Å². The summed E-state index contributed by atoms with van der Waals surface area (Å²) in [6.07, 6.45) is 0. The summed E-state index contributed by atoms with van der Waals surface area (Å²) in [6.45, 7) is 2.34. The third-order valence-corrected chi connectivity index (χ3v) is 2.68. The van der Waals surface area contributed by atoms with Gasteiger partial charge in [0.1, 0.15) is 5.75 Å². The molecule has 0 fully saturated rings. The van der Waals surface area contributed by atoms with Crippen LogP contribution in [0.4, 0.5) is 5.69 Å². The van der Waals surface area contributed by atoms with Crippen molar-refractivity contribution < 1.29 is 9.84 Å². The Morgan fingerprint density at radius 1 is 1.56 bits per heavy atom. The second-order valence-corrected chi connectivity index (χ2v) is 4.03. The minimum Gasteiger partial charge on any atom is -0.495 e. The van der Waals surface area contributed by atoms with Gasteiger partial charge in [0.15, 0.2) is 0 Å². The Bertz CT molecular complexity index is 358. The highest BCUT2D eigenvalue weighted by Gasteiger charge is 2.08. The summed E-state index contributed by atoms with van der Waals surface area (Å²) in [5, 5.41) is 12.6. The van der Waals surface area contributed by atoms with E-state index in [2.05, 4.69) is 5.32 Å². The number of halogens is 1. The van der Waals surface area contributed by atoms with Crippen LogP contribution in [0.25, 0.3) is 0 Å². The summed E-state index contributed by atoms with van der Waals surface area (Å²) in [4.78, 5) is 0. The van der Waals surface area contributed by atoms with E-state index in [0.717, 1.165) is 11.3 Å². The molecular weight excluding hydrogens is 228 g/mol. The first-order valence-electron chi connectivity index (χ1n) is 5.03. The second-order valence-electron chi connectivity index (χ2n) is 3.63. The van der Waals surface area contributed by atoms with Crippen molar-refractivity contribution >= 4 is 17.3 Å². The number of nitrogens with two attached hydrogens (primary N) is 1. The lowest BCUT2D eigenvalue weighted by atomic mass is 10.2. The van der Waals surface area contributed by atoms with Crippen molar-refractivity contribution in [3.8, 4) is 5.75 Å². The molecule has 1 atom stereocenters. The Balaban J connectivity index is 2.81. The van der Waals surface area contributed by atoms with E-state index < -0.39 is 0 Å². The lowest BCUT2D eigenvalue weighted by molar-refractivity contribution is 0.270. The summed E-state index contributed by atoms with van der Waals surface area (Å²) >= 11 is 5.98. The first-order chi connectivity index (χ1) is 7.58. The third-order valence-electron chi connectivity index (χ3n) is 2.27. The molecule has 4 N–H and O–H groups in total. The van der Waals surface area contributed by atoms with Gasteiger partial charge < -0.3 is 20.9 Å². The van der Waals surface area contributed by atoms with Gasteiger partial charge in [-0.3, -0.25) is 0 Å². The fourth-order valence-corrected chi connectivity index (χ4v) is 1.43. The molecule has 1 rings (SSSR count). The maximum atomic E-state index is 8.82. The lowest BCUT2D eigenvalue weighted by Gasteiger charge is -2.15. The molecule has 0 radical (unpaired) electrons. The summed E-state index contributed by atoms with van der Waals surface area (Å²) in [7, 11) is 1.58. The van der Waals surface area contributed by atoms with Gasteiger partial charge in [-0.25, -0.2) is 0 Å². The van der Waals surface area contributed by atoms with Crippen LogP contribution in [0.5, 0.6) is 5.75 Å². The van der Waals surface area contributed by atoms with Crippen molar-refractivity contribution in [2.45, 2.75) is 13.0 Å². The Labute approximate surface area is 100 Å². The van der Waals surface area contributed by atoms with Crippen LogP contribution in [0.15, 0.2) is 12.1 Å². The van der Waals surface area contributed by atoms with E-state index in [9.17, 15) is 0 Å². The van der Waals surface area contributed by atoms with Crippen LogP contribution >= 0.6 is 11.6 Å². The van der Waals surface area contributed by atoms with Crippen LogP contribution in [-0.2, 0) is 0 Å². The number of rotatable bonds is 5. The normalized spacial score (nSPS) is 12.3. The first-order valence-corrected chi connectivity index (χ1v) is 5.40. The number of methoxy groups -OCH3 is 1. The Kier molecular flexibility index (Phi) is 4.86. The molecule has 1 unspecified atom stereocenters. The van der Waals surface area contributed by atoms with Gasteiger partial charge in [0.2, 0.25) is 0 Å². The molecule has 0 spiro atoms. The highest BCUT2D eigenvalue weighted by atomic mass is 35.5. The topological polar surface area (TPSA) is 67.5 Å². The van der Waals surface area contributed by atoms with Crippen LogP contribution in [0.1, 0.15) is 5.56 Å². The van der Waals surface area contributed by atoms with Crippen LogP contribution in [0.3, 0.4) is 0 Å². The Morgan fingerprint density at radius 2 is 2.25 bits per heavy atom. The lowest BCUT2D eigenvalue weighted by Crippen LogP contribution is -2.32. The van der Waals surface area contributed by atoms with Crippen molar-refractivity contribution in [3.63, 3.8) is 0 Å². The second kappa shape index (κ2) is 5.94. The molecule has 0 saturated carbocycles. The van der Waals surface area contributed by atoms with Gasteiger partial charge in [0, 0.05) is 23.7 Å². The van der Waals surface area contributed by atoms with Crippen molar-refractivity contribution in [1.29, 1.82) is 0 Å². The van der Waals surface area contributed by atoms with Gasteiger partial charge in [0.25, 0.3) is 0 Å². The Hall–Kier alpha value is -0.970. The molecule has 0 aliphatic carbocycles. The van der Waals surface area contributed by atoms with E-state index in [1.165, 1.54) is 0 Å². The predicted octanol–water partition coefficient (Wildman–Crippen LogP) is 1.39. The summed E-state index contributed by atoms with van der Waals surface area (Å²) in [6, 6.07) is 3.36. The zero-order valence-electron chi connectivity index (χ0n) is 9.46. The molecule has 0 bridgehead atoms. The largest absolute Gasteiger partial charge is 0.495 e. The maximum Gasteiger partial charge on any atom is 0.143 e. The molecule has 16 heavy (non-hydrogen) atoms. The van der Waals surface area contributed by atoms with E-state index in [4.69, 9.17) is 27.2 Å². The van der Waals surface area contributed by atoms with Crippen molar-refractivity contribution in [2.75, 3.05) is 25.6 Å². The number of ether oxygens (including phenoxy) is 1. The van der Waals surface area contributed by atoms with E-state index in [1.807, 2.05) is 13.0 Å². The highest BCUT2D eigenvalue weighted by Crippen LogP contribution is 2.30. The van der Waals surface area contributed by atoms with Gasteiger partial charge in [-0.15, -0.1) is 0 Å². The summed E-state index contributed by atoms with van der Waals surface area (Å²) in [5.74, 6) is 0.667. The quantitative estimate of drug-likeness (QED) is 0.732. The number of benzene rings is 1. The molecule has 0 aliphatic rings. The number of aliphatic hydroxyl groups is 1. The van der Waals surface area contributed by atoms with Crippen molar-refractivity contribution in [1.82, 2.24) is 0 Å². The Morgan fingerprint density at radius 3 is 2.81 bits per heavy atom. The average Bonchev–Trinajstić information content (AvgIpc) is 2.29. The zero-order valence-corrected chi connectivity index (χ0v) is 10.2. The molecule has 1 aromatic carbocycles. The zero-order chi connectivity index (χ0) is 12.1. The SMILES string of the molecule is COc1cc(Cl)c(C)cc1NCC(N)CO. The molecular formula is C11H17ClN2O2. The third kappa shape index (κ3) is 3.27. The number of anilines is 1. The maximum absolute atomic E-state index is 8.82. The van der Waals surface area contributed by atoms with Crippen LogP contribution in [0, 0.1) is 6.92 Å². The molecule has 90 valence electrons. The number of nitrogens with one attached hydrogen (secondary N) is 1. The van der Waals surface area contributed by atoms with Crippen LogP contribution in [0.2, 0.25) is 5.02 Å². The molecule has 1 aromatic rings. The number of hydrogen-bond acceptors (Lipinski definition) is 4. The van der Waals surface area contributed by atoms with E-state index >= 15 is 0 Å². The van der Waals surface area contributed by atoms with E-state index in [-0.39, 0.29) is 12.6 Å². The van der Waals surface area contributed by atoms with Gasteiger partial charge in [0.05, 0.1) is 19.4 Å². The van der Waals surface area contributed by atoms with Gasteiger partial charge in [-0.05, 0) is 18.6 Å². The molecule has 4 nitrogen and oxygen atoms in total. The van der Waals surface area contributed by atoms with Gasteiger partial charge in [-0.1, -0.05) is 11.6 Å². The monoisotopic (exact) mass is 244 g/mol. The molecule has 0 aliphatic heterocycles. The number of hydrogen-bond donors (Lipinski definition) is 3. The van der Waals surface area contributed by atoms with Crippen LogP contribution < -0.4 is 15.8 Å². The van der Waals surface area contributed by atoms with Crippen molar-refractivity contribution in [2.24, 2.45) is 5.73 Å². The minimum absolute atomic E-state index is 0.0537. The standard InChI is InChI=1S/C11H17ClN2O2/c1-7-3-10(14-5-8(13)6-15)11(16-2)4-9(7)12/h3-4,8,14-15H,5-6,13H2,1-2H3. The highest BCUT2D eigenvalue weighted by molar-refractivity contribution is 6.31. The number of aliphatic hydroxyl groups excluding tert-OH is 1. The first kappa shape index (κ1) is 13.1. The van der Waals surface area contributed by atoms with E-state index in [0.29, 0.717) is 17.3 Å². The molecule has 0 heterocycles.